The van der Waals surface area contributed by atoms with E-state index in [1.165, 1.54) is 11.3 Å². The molecule has 0 N–H and O–H groups in total. The minimum absolute atomic E-state index is 0.123. The average molecular weight is 277 g/mol. The Kier molecular flexibility index (Phi) is 2.73. The molecule has 0 aliphatic heterocycles. The number of thiophene rings is 1. The zero-order valence-corrected chi connectivity index (χ0v) is 11.1. The number of carbonyl (C=O) groups excluding carboxylic acids is 1. The Balaban J connectivity index is 2.10. The second kappa shape index (κ2) is 4.26. The summed E-state index contributed by atoms with van der Waals surface area (Å²) in [5.41, 5.74) is 1.79. The summed E-state index contributed by atoms with van der Waals surface area (Å²) < 4.78 is 6.24. The summed E-state index contributed by atoms with van der Waals surface area (Å²) >= 11 is 7.09. The number of fused-ring (bicyclic) bond motifs is 1. The smallest absolute Gasteiger partial charge is 0.238 e. The number of hydrogen-bond acceptors (Lipinski definition) is 3. The highest BCUT2D eigenvalue weighted by Gasteiger charge is 2.16. The third-order valence-electron chi connectivity index (χ3n) is 2.76. The second-order valence-corrected chi connectivity index (χ2v) is 5.75. The predicted molar refractivity (Wildman–Crippen MR) is 73.7 cm³/mol. The van der Waals surface area contributed by atoms with E-state index in [1.807, 2.05) is 25.1 Å². The van der Waals surface area contributed by atoms with Gasteiger partial charge in [-0.2, -0.15) is 0 Å². The molecule has 1 aromatic carbocycles. The van der Waals surface area contributed by atoms with Crippen LogP contribution in [-0.4, -0.2) is 5.78 Å². The van der Waals surface area contributed by atoms with Gasteiger partial charge in [-0.25, -0.2) is 0 Å². The second-order valence-electron chi connectivity index (χ2n) is 4.04. The Hall–Kier alpha value is -1.58. The summed E-state index contributed by atoms with van der Waals surface area (Å²) in [6.45, 7) is 1.96. The molecule has 0 aliphatic carbocycles. The van der Waals surface area contributed by atoms with Gasteiger partial charge in [-0.05, 0) is 30.7 Å². The van der Waals surface area contributed by atoms with Crippen molar-refractivity contribution in [3.05, 3.63) is 56.9 Å². The van der Waals surface area contributed by atoms with Crippen LogP contribution in [0.3, 0.4) is 0 Å². The van der Waals surface area contributed by atoms with E-state index >= 15 is 0 Å². The first kappa shape index (κ1) is 11.5. The molecular formula is C14H9ClO2S. The maximum atomic E-state index is 12.2. The number of carbonyl (C=O) groups is 1. The topological polar surface area (TPSA) is 30.2 Å². The maximum absolute atomic E-state index is 12.2. The van der Waals surface area contributed by atoms with Crippen molar-refractivity contribution in [3.63, 3.8) is 0 Å². The van der Waals surface area contributed by atoms with Gasteiger partial charge >= 0.3 is 0 Å². The highest BCUT2D eigenvalue weighted by molar-refractivity contribution is 7.18. The lowest BCUT2D eigenvalue weighted by molar-refractivity contribution is 0.101. The summed E-state index contributed by atoms with van der Waals surface area (Å²) in [6, 6.07) is 11.1. The lowest BCUT2D eigenvalue weighted by Gasteiger charge is -1.93. The van der Waals surface area contributed by atoms with Crippen molar-refractivity contribution in [1.29, 1.82) is 0 Å². The van der Waals surface area contributed by atoms with Gasteiger partial charge in [0.2, 0.25) is 5.78 Å². The summed E-state index contributed by atoms with van der Waals surface area (Å²) in [7, 11) is 0. The number of aryl methyl sites for hydroxylation is 1. The first-order valence-corrected chi connectivity index (χ1v) is 6.64. The van der Waals surface area contributed by atoms with Crippen LogP contribution in [0.25, 0.3) is 11.0 Å². The average Bonchev–Trinajstić information content (AvgIpc) is 2.95. The zero-order chi connectivity index (χ0) is 12.7. The third-order valence-corrected chi connectivity index (χ3v) is 3.99. The fourth-order valence-corrected chi connectivity index (χ4v) is 2.87. The van der Waals surface area contributed by atoms with E-state index in [-0.39, 0.29) is 5.78 Å². The molecule has 2 nitrogen and oxygen atoms in total. The number of hydrogen-bond donors (Lipinski definition) is 0. The van der Waals surface area contributed by atoms with E-state index in [4.69, 9.17) is 16.0 Å². The number of para-hydroxylation sites is 1. The van der Waals surface area contributed by atoms with Crippen LogP contribution in [0.15, 0.2) is 40.8 Å². The lowest BCUT2D eigenvalue weighted by Crippen LogP contribution is -1.95. The van der Waals surface area contributed by atoms with Crippen LogP contribution in [0, 0.1) is 6.92 Å². The van der Waals surface area contributed by atoms with Crippen LogP contribution in [0.2, 0.25) is 4.34 Å². The molecule has 0 bridgehead atoms. The highest BCUT2D eigenvalue weighted by atomic mass is 35.5. The largest absolute Gasteiger partial charge is 0.452 e. The molecule has 18 heavy (non-hydrogen) atoms. The van der Waals surface area contributed by atoms with Gasteiger partial charge in [0.15, 0.2) is 5.76 Å². The van der Waals surface area contributed by atoms with Crippen molar-refractivity contribution in [3.8, 4) is 0 Å². The number of furan rings is 1. The fourth-order valence-electron chi connectivity index (χ4n) is 1.88. The van der Waals surface area contributed by atoms with Crippen LogP contribution in [0.1, 0.15) is 21.0 Å². The molecule has 0 spiro atoms. The van der Waals surface area contributed by atoms with Gasteiger partial charge in [-0.1, -0.05) is 29.8 Å². The van der Waals surface area contributed by atoms with Crippen molar-refractivity contribution in [2.45, 2.75) is 6.92 Å². The Morgan fingerprint density at radius 1 is 1.28 bits per heavy atom. The Morgan fingerprint density at radius 3 is 2.78 bits per heavy atom. The molecule has 3 aromatic rings. The molecule has 90 valence electrons. The van der Waals surface area contributed by atoms with Gasteiger partial charge in [0, 0.05) is 5.39 Å². The molecule has 4 heteroatoms. The van der Waals surface area contributed by atoms with Gasteiger partial charge in [0.1, 0.15) is 5.58 Å². The van der Waals surface area contributed by atoms with Crippen molar-refractivity contribution in [1.82, 2.24) is 0 Å². The molecule has 0 amide bonds. The predicted octanol–water partition coefficient (Wildman–Crippen LogP) is 4.69. The molecular weight excluding hydrogens is 268 g/mol. The molecule has 3 rings (SSSR count). The minimum Gasteiger partial charge on any atom is -0.452 e. The van der Waals surface area contributed by atoms with E-state index in [9.17, 15) is 4.79 Å². The van der Waals surface area contributed by atoms with Crippen LogP contribution in [0.5, 0.6) is 0 Å². The standard InChI is InChI=1S/C14H9ClO2S/c1-8-3-2-4-9-7-10(17-14(8)9)13(16)11-5-6-12(15)18-11/h2-7H,1H3. The molecule has 0 atom stereocenters. The highest BCUT2D eigenvalue weighted by Crippen LogP contribution is 2.28. The lowest BCUT2D eigenvalue weighted by atomic mass is 10.1. The van der Waals surface area contributed by atoms with Crippen LogP contribution >= 0.6 is 22.9 Å². The normalized spacial score (nSPS) is 11.0. The first-order chi connectivity index (χ1) is 8.65. The van der Waals surface area contributed by atoms with E-state index in [0.29, 0.717) is 15.0 Å². The third kappa shape index (κ3) is 1.85. The van der Waals surface area contributed by atoms with Gasteiger partial charge < -0.3 is 4.42 Å². The van der Waals surface area contributed by atoms with E-state index in [1.54, 1.807) is 18.2 Å². The molecule has 0 saturated carbocycles. The molecule has 0 aliphatic rings. The number of rotatable bonds is 2. The zero-order valence-electron chi connectivity index (χ0n) is 9.57. The molecule has 0 radical (unpaired) electrons. The van der Waals surface area contributed by atoms with Crippen molar-refractivity contribution >= 4 is 39.7 Å². The van der Waals surface area contributed by atoms with E-state index < -0.39 is 0 Å². The molecule has 2 aromatic heterocycles. The number of halogens is 1. The number of ketones is 1. The number of benzene rings is 1. The first-order valence-electron chi connectivity index (χ1n) is 5.44. The van der Waals surface area contributed by atoms with Gasteiger partial charge in [-0.3, -0.25) is 4.79 Å². The van der Waals surface area contributed by atoms with E-state index in [2.05, 4.69) is 0 Å². The summed E-state index contributed by atoms with van der Waals surface area (Å²) in [6.07, 6.45) is 0. The summed E-state index contributed by atoms with van der Waals surface area (Å²) in [5, 5.41) is 0.945. The van der Waals surface area contributed by atoms with Gasteiger partial charge in [0.25, 0.3) is 0 Å². The van der Waals surface area contributed by atoms with Crippen LogP contribution in [0.4, 0.5) is 0 Å². The van der Waals surface area contributed by atoms with Gasteiger partial charge in [-0.15, -0.1) is 11.3 Å². The van der Waals surface area contributed by atoms with Crippen molar-refractivity contribution in [2.24, 2.45) is 0 Å². The maximum Gasteiger partial charge on any atom is 0.238 e. The molecule has 0 saturated heterocycles. The Labute approximate surface area is 113 Å². The quantitative estimate of drug-likeness (QED) is 0.636. The minimum atomic E-state index is -0.123. The molecule has 0 fully saturated rings. The monoisotopic (exact) mass is 276 g/mol. The van der Waals surface area contributed by atoms with Crippen LogP contribution < -0.4 is 0 Å². The van der Waals surface area contributed by atoms with Crippen LogP contribution in [-0.2, 0) is 0 Å². The fraction of sp³-hybridized carbons (Fsp3) is 0.0714. The Bertz CT molecular complexity index is 739. The van der Waals surface area contributed by atoms with Gasteiger partial charge in [0.05, 0.1) is 9.21 Å². The molecule has 0 unspecified atom stereocenters. The van der Waals surface area contributed by atoms with Crippen molar-refractivity contribution in [2.75, 3.05) is 0 Å². The Morgan fingerprint density at radius 2 is 2.11 bits per heavy atom. The van der Waals surface area contributed by atoms with E-state index in [0.717, 1.165) is 16.5 Å². The SMILES string of the molecule is Cc1cccc2cc(C(=O)c3ccc(Cl)s3)oc12. The summed E-state index contributed by atoms with van der Waals surface area (Å²) in [4.78, 5) is 12.8. The molecule has 2 heterocycles. The van der Waals surface area contributed by atoms with Crippen molar-refractivity contribution < 1.29 is 9.21 Å². The summed E-state index contributed by atoms with van der Waals surface area (Å²) in [5.74, 6) is 0.236.